The summed E-state index contributed by atoms with van der Waals surface area (Å²) in [6.07, 6.45) is 1.63. The molecule has 4 aromatic rings. The summed E-state index contributed by atoms with van der Waals surface area (Å²) in [6, 6.07) is 17.6. The molecule has 0 radical (unpaired) electrons. The fourth-order valence-corrected chi connectivity index (χ4v) is 3.43. The van der Waals surface area contributed by atoms with Crippen LogP contribution in [0.3, 0.4) is 0 Å². The summed E-state index contributed by atoms with van der Waals surface area (Å²) in [7, 11) is 0. The van der Waals surface area contributed by atoms with E-state index in [4.69, 9.17) is 11.6 Å². The van der Waals surface area contributed by atoms with E-state index in [-0.39, 0.29) is 12.1 Å². The SMILES string of the molecule is O=C(c1ccccc1F)c1cn(Cc2c(F)cccc2Cl)c2ccccc12. The third kappa shape index (κ3) is 3.13. The Bertz CT molecular complexity index is 1150. The molecule has 0 unspecified atom stereocenters. The zero-order chi connectivity index (χ0) is 19.0. The molecule has 0 spiro atoms. The molecule has 5 heteroatoms. The predicted octanol–water partition coefficient (Wildman–Crippen LogP) is 5.85. The van der Waals surface area contributed by atoms with Gasteiger partial charge in [0.2, 0.25) is 0 Å². The Labute approximate surface area is 159 Å². The smallest absolute Gasteiger partial charge is 0.198 e. The zero-order valence-electron chi connectivity index (χ0n) is 14.1. The van der Waals surface area contributed by atoms with Crippen LogP contribution in [0.4, 0.5) is 8.78 Å². The lowest BCUT2D eigenvalue weighted by molar-refractivity contribution is 0.103. The van der Waals surface area contributed by atoms with Gasteiger partial charge in [-0.2, -0.15) is 0 Å². The molecule has 0 atom stereocenters. The van der Waals surface area contributed by atoms with Gasteiger partial charge in [0.25, 0.3) is 0 Å². The molecule has 0 saturated carbocycles. The first-order chi connectivity index (χ1) is 13.1. The number of rotatable bonds is 4. The van der Waals surface area contributed by atoms with Crippen molar-refractivity contribution in [3.8, 4) is 0 Å². The lowest BCUT2D eigenvalue weighted by atomic mass is 10.0. The average molecular weight is 382 g/mol. The first-order valence-electron chi connectivity index (χ1n) is 8.36. The number of carbonyl (C=O) groups is 1. The van der Waals surface area contributed by atoms with Gasteiger partial charge in [-0.3, -0.25) is 4.79 Å². The predicted molar refractivity (Wildman–Crippen MR) is 102 cm³/mol. The number of hydrogen-bond donors (Lipinski definition) is 0. The fraction of sp³-hybridized carbons (Fsp3) is 0.0455. The number of nitrogens with zero attached hydrogens (tertiary/aromatic N) is 1. The maximum Gasteiger partial charge on any atom is 0.198 e. The fourth-order valence-electron chi connectivity index (χ4n) is 3.20. The number of carbonyl (C=O) groups excluding carboxylic acids is 1. The maximum absolute atomic E-state index is 14.2. The second kappa shape index (κ2) is 6.97. The van der Waals surface area contributed by atoms with E-state index in [2.05, 4.69) is 0 Å². The van der Waals surface area contributed by atoms with Crippen molar-refractivity contribution < 1.29 is 13.6 Å². The van der Waals surface area contributed by atoms with Gasteiger partial charge in [0.1, 0.15) is 11.6 Å². The van der Waals surface area contributed by atoms with Crippen LogP contribution < -0.4 is 0 Å². The second-order valence-electron chi connectivity index (χ2n) is 6.20. The Morgan fingerprint density at radius 1 is 0.852 bits per heavy atom. The van der Waals surface area contributed by atoms with Crippen molar-refractivity contribution in [1.82, 2.24) is 4.57 Å². The van der Waals surface area contributed by atoms with Gasteiger partial charge in [0.15, 0.2) is 5.78 Å². The van der Waals surface area contributed by atoms with Gasteiger partial charge in [-0.1, -0.05) is 48.0 Å². The van der Waals surface area contributed by atoms with E-state index in [0.717, 1.165) is 5.52 Å². The van der Waals surface area contributed by atoms with Crippen LogP contribution in [0, 0.1) is 11.6 Å². The first-order valence-corrected chi connectivity index (χ1v) is 8.74. The molecule has 0 bridgehead atoms. The Morgan fingerprint density at radius 3 is 2.33 bits per heavy atom. The molecule has 1 heterocycles. The van der Waals surface area contributed by atoms with E-state index in [0.29, 0.717) is 21.5 Å². The quantitative estimate of drug-likeness (QED) is 0.406. The monoisotopic (exact) mass is 381 g/mol. The Balaban J connectivity index is 1.85. The topological polar surface area (TPSA) is 22.0 Å². The van der Waals surface area contributed by atoms with Crippen LogP contribution in [-0.4, -0.2) is 10.4 Å². The van der Waals surface area contributed by atoms with Crippen LogP contribution in [0.15, 0.2) is 72.9 Å². The van der Waals surface area contributed by atoms with Gasteiger partial charge in [0, 0.05) is 33.2 Å². The summed E-state index contributed by atoms with van der Waals surface area (Å²) in [5.74, 6) is -1.40. The summed E-state index contributed by atoms with van der Waals surface area (Å²) in [5.41, 5.74) is 1.45. The van der Waals surface area contributed by atoms with E-state index in [9.17, 15) is 13.6 Å². The van der Waals surface area contributed by atoms with E-state index in [1.165, 1.54) is 24.3 Å². The van der Waals surface area contributed by atoms with Crippen LogP contribution in [-0.2, 0) is 6.54 Å². The van der Waals surface area contributed by atoms with E-state index >= 15 is 0 Å². The van der Waals surface area contributed by atoms with Crippen molar-refractivity contribution in [3.63, 3.8) is 0 Å². The largest absolute Gasteiger partial charge is 0.342 e. The van der Waals surface area contributed by atoms with Crippen molar-refractivity contribution in [1.29, 1.82) is 0 Å². The number of ketones is 1. The molecule has 134 valence electrons. The van der Waals surface area contributed by atoms with Gasteiger partial charge in [-0.15, -0.1) is 0 Å². The molecule has 3 aromatic carbocycles. The number of para-hydroxylation sites is 1. The molecular formula is C22H14ClF2NO. The van der Waals surface area contributed by atoms with Crippen LogP contribution in [0.5, 0.6) is 0 Å². The summed E-state index contributed by atoms with van der Waals surface area (Å²) in [6.45, 7) is 0.163. The summed E-state index contributed by atoms with van der Waals surface area (Å²) in [4.78, 5) is 12.9. The minimum absolute atomic E-state index is 0.00401. The number of aromatic nitrogens is 1. The Kier molecular flexibility index (Phi) is 4.50. The molecular weight excluding hydrogens is 368 g/mol. The highest BCUT2D eigenvalue weighted by Crippen LogP contribution is 2.27. The molecule has 0 fully saturated rings. The minimum Gasteiger partial charge on any atom is -0.342 e. The molecule has 0 aliphatic rings. The van der Waals surface area contributed by atoms with Crippen molar-refractivity contribution in [2.75, 3.05) is 0 Å². The number of benzene rings is 3. The number of hydrogen-bond acceptors (Lipinski definition) is 1. The van der Waals surface area contributed by atoms with E-state index < -0.39 is 17.4 Å². The highest BCUT2D eigenvalue weighted by atomic mass is 35.5. The third-order valence-electron chi connectivity index (χ3n) is 4.54. The van der Waals surface area contributed by atoms with Gasteiger partial charge in [0.05, 0.1) is 12.1 Å². The summed E-state index contributed by atoms with van der Waals surface area (Å²) in [5, 5.41) is 0.993. The lowest BCUT2D eigenvalue weighted by Crippen LogP contribution is -2.04. The number of fused-ring (bicyclic) bond motifs is 1. The Morgan fingerprint density at radius 2 is 1.56 bits per heavy atom. The summed E-state index contributed by atoms with van der Waals surface area (Å²) >= 11 is 6.15. The number of halogens is 3. The van der Waals surface area contributed by atoms with Gasteiger partial charge in [-0.05, 0) is 30.3 Å². The average Bonchev–Trinajstić information content (AvgIpc) is 3.03. The molecule has 1 aromatic heterocycles. The lowest BCUT2D eigenvalue weighted by Gasteiger charge is -2.08. The Hall–Kier alpha value is -2.98. The highest BCUT2D eigenvalue weighted by Gasteiger charge is 2.20. The third-order valence-corrected chi connectivity index (χ3v) is 4.90. The molecule has 4 rings (SSSR count). The van der Waals surface area contributed by atoms with Crippen molar-refractivity contribution in [2.45, 2.75) is 6.54 Å². The summed E-state index contributed by atoms with van der Waals surface area (Å²) < 4.78 is 30.1. The van der Waals surface area contributed by atoms with Crippen molar-refractivity contribution >= 4 is 28.3 Å². The van der Waals surface area contributed by atoms with Gasteiger partial charge in [-0.25, -0.2) is 8.78 Å². The highest BCUT2D eigenvalue weighted by molar-refractivity contribution is 6.31. The van der Waals surface area contributed by atoms with Crippen molar-refractivity contribution in [3.05, 3.63) is 106 Å². The molecule has 0 saturated heterocycles. The molecule has 27 heavy (non-hydrogen) atoms. The maximum atomic E-state index is 14.2. The molecule has 0 amide bonds. The van der Waals surface area contributed by atoms with Crippen LogP contribution in [0.25, 0.3) is 10.9 Å². The van der Waals surface area contributed by atoms with Crippen LogP contribution in [0.1, 0.15) is 21.5 Å². The molecule has 2 nitrogen and oxygen atoms in total. The van der Waals surface area contributed by atoms with E-state index in [1.54, 1.807) is 41.1 Å². The molecule has 0 N–H and O–H groups in total. The second-order valence-corrected chi connectivity index (χ2v) is 6.60. The van der Waals surface area contributed by atoms with Gasteiger partial charge >= 0.3 is 0 Å². The molecule has 0 aliphatic heterocycles. The van der Waals surface area contributed by atoms with Gasteiger partial charge < -0.3 is 4.57 Å². The first kappa shape index (κ1) is 17.4. The minimum atomic E-state index is -0.573. The van der Waals surface area contributed by atoms with Crippen molar-refractivity contribution in [2.24, 2.45) is 0 Å². The van der Waals surface area contributed by atoms with Crippen LogP contribution >= 0.6 is 11.6 Å². The van der Waals surface area contributed by atoms with E-state index in [1.807, 2.05) is 12.1 Å². The van der Waals surface area contributed by atoms with Crippen LogP contribution in [0.2, 0.25) is 5.02 Å². The molecule has 0 aliphatic carbocycles. The standard InChI is InChI=1S/C22H14ClF2NO/c23-18-8-5-10-20(25)17(18)13-26-12-16(14-6-2-4-11-21(14)26)22(27)15-7-1-3-9-19(15)24/h1-12H,13H2. The normalized spacial score (nSPS) is 11.1. The zero-order valence-corrected chi connectivity index (χ0v) is 14.9.